The van der Waals surface area contributed by atoms with Crippen molar-refractivity contribution in [1.29, 1.82) is 0 Å². The Balaban J connectivity index is 2.29. The zero-order valence-corrected chi connectivity index (χ0v) is 11.4. The van der Waals surface area contributed by atoms with E-state index in [1.807, 2.05) is 0 Å². The third kappa shape index (κ3) is 6.35. The lowest BCUT2D eigenvalue weighted by molar-refractivity contribution is -0.141. The molecule has 0 aliphatic carbocycles. The quantitative estimate of drug-likeness (QED) is 0.536. The van der Waals surface area contributed by atoms with E-state index in [0.717, 1.165) is 0 Å². The summed E-state index contributed by atoms with van der Waals surface area (Å²) < 4.78 is 9.94. The van der Waals surface area contributed by atoms with Gasteiger partial charge in [-0.3, -0.25) is 9.59 Å². The van der Waals surface area contributed by atoms with E-state index in [2.05, 4.69) is 10.6 Å². The van der Waals surface area contributed by atoms with Crippen LogP contribution >= 0.6 is 0 Å². The van der Waals surface area contributed by atoms with Crippen molar-refractivity contribution in [2.75, 3.05) is 20.3 Å². The van der Waals surface area contributed by atoms with Crippen LogP contribution in [0.4, 0.5) is 0 Å². The minimum Gasteiger partial charge on any atom is -0.480 e. The molecule has 1 atom stereocenters. The predicted molar refractivity (Wildman–Crippen MR) is 71.1 cm³/mol. The summed E-state index contributed by atoms with van der Waals surface area (Å²) in [5.41, 5.74) is 0. The van der Waals surface area contributed by atoms with E-state index in [0.29, 0.717) is 25.3 Å². The van der Waals surface area contributed by atoms with Gasteiger partial charge in [0, 0.05) is 13.7 Å². The molecule has 0 fully saturated rings. The molecule has 0 saturated heterocycles. The first-order valence-electron chi connectivity index (χ1n) is 6.37. The minimum atomic E-state index is -1.05. The number of rotatable bonds is 10. The van der Waals surface area contributed by atoms with E-state index in [1.54, 1.807) is 19.2 Å². The smallest absolute Gasteiger partial charge is 0.321 e. The zero-order valence-electron chi connectivity index (χ0n) is 11.4. The number of methoxy groups -OCH3 is 1. The van der Waals surface area contributed by atoms with Crippen molar-refractivity contribution >= 4 is 11.9 Å². The van der Waals surface area contributed by atoms with Crippen molar-refractivity contribution in [2.24, 2.45) is 0 Å². The van der Waals surface area contributed by atoms with Gasteiger partial charge in [-0.2, -0.15) is 0 Å². The zero-order chi connectivity index (χ0) is 14.8. The van der Waals surface area contributed by atoms with Crippen LogP contribution in [-0.4, -0.2) is 43.3 Å². The molecule has 3 N–H and O–H groups in total. The van der Waals surface area contributed by atoms with Crippen LogP contribution in [0.15, 0.2) is 22.8 Å². The van der Waals surface area contributed by atoms with Crippen molar-refractivity contribution < 1.29 is 23.8 Å². The monoisotopic (exact) mass is 284 g/mol. The number of carboxylic acid groups (broad SMARTS) is 1. The van der Waals surface area contributed by atoms with Crippen LogP contribution in [0.1, 0.15) is 18.6 Å². The summed E-state index contributed by atoms with van der Waals surface area (Å²) in [6, 6.07) is 2.56. The number of hydrogen-bond acceptors (Lipinski definition) is 5. The Morgan fingerprint density at radius 1 is 1.50 bits per heavy atom. The first-order chi connectivity index (χ1) is 9.63. The molecule has 0 aromatic carbocycles. The average molecular weight is 284 g/mol. The van der Waals surface area contributed by atoms with Crippen molar-refractivity contribution in [3.8, 4) is 0 Å². The van der Waals surface area contributed by atoms with Crippen LogP contribution in [0.25, 0.3) is 0 Å². The maximum Gasteiger partial charge on any atom is 0.321 e. The van der Waals surface area contributed by atoms with Gasteiger partial charge in [-0.1, -0.05) is 0 Å². The van der Waals surface area contributed by atoms with Crippen molar-refractivity contribution in [3.05, 3.63) is 24.2 Å². The summed E-state index contributed by atoms with van der Waals surface area (Å²) >= 11 is 0. The topological polar surface area (TPSA) is 101 Å². The van der Waals surface area contributed by atoms with E-state index in [9.17, 15) is 9.59 Å². The molecule has 0 radical (unpaired) electrons. The van der Waals surface area contributed by atoms with Gasteiger partial charge in [0.05, 0.1) is 19.2 Å². The summed E-state index contributed by atoms with van der Waals surface area (Å²) in [5.74, 6) is -0.762. The van der Waals surface area contributed by atoms with Crippen LogP contribution in [0, 0.1) is 0 Å². The third-order valence-corrected chi connectivity index (χ3v) is 2.64. The average Bonchev–Trinajstić information content (AvgIpc) is 2.93. The van der Waals surface area contributed by atoms with Gasteiger partial charge < -0.3 is 24.9 Å². The first-order valence-corrected chi connectivity index (χ1v) is 6.37. The maximum atomic E-state index is 11.7. The molecule has 1 heterocycles. The molecule has 0 unspecified atom stereocenters. The molecule has 1 rings (SSSR count). The van der Waals surface area contributed by atoms with Crippen LogP contribution in [0.3, 0.4) is 0 Å². The lowest BCUT2D eigenvalue weighted by Gasteiger charge is -2.14. The SMILES string of the molecule is COCCCN[C@H](CC(=O)NCc1ccco1)C(=O)O. The highest BCUT2D eigenvalue weighted by molar-refractivity contribution is 5.84. The Hall–Kier alpha value is -1.86. The number of carbonyl (C=O) groups is 2. The fourth-order valence-corrected chi connectivity index (χ4v) is 1.60. The number of carbonyl (C=O) groups excluding carboxylic acids is 1. The highest BCUT2D eigenvalue weighted by Gasteiger charge is 2.20. The molecule has 1 amide bonds. The summed E-state index contributed by atoms with van der Waals surface area (Å²) in [7, 11) is 1.58. The highest BCUT2D eigenvalue weighted by atomic mass is 16.5. The second-order valence-corrected chi connectivity index (χ2v) is 4.25. The second-order valence-electron chi connectivity index (χ2n) is 4.25. The molecule has 0 aliphatic rings. The second kappa shape index (κ2) is 9.11. The van der Waals surface area contributed by atoms with Gasteiger partial charge in [-0.25, -0.2) is 0 Å². The van der Waals surface area contributed by atoms with Gasteiger partial charge in [0.2, 0.25) is 5.91 Å². The molecule has 0 aliphatic heterocycles. The summed E-state index contributed by atoms with van der Waals surface area (Å²) in [6.45, 7) is 1.28. The normalized spacial score (nSPS) is 12.1. The summed E-state index contributed by atoms with van der Waals surface area (Å²) in [6.07, 6.45) is 2.08. The Labute approximate surface area is 117 Å². The number of hydrogen-bond donors (Lipinski definition) is 3. The van der Waals surface area contributed by atoms with Crippen molar-refractivity contribution in [3.63, 3.8) is 0 Å². The Morgan fingerprint density at radius 3 is 2.90 bits per heavy atom. The first kappa shape index (κ1) is 16.2. The molecule has 1 aromatic heterocycles. The van der Waals surface area contributed by atoms with Crippen LogP contribution in [0.2, 0.25) is 0 Å². The van der Waals surface area contributed by atoms with Gasteiger partial charge >= 0.3 is 5.97 Å². The number of nitrogens with one attached hydrogen (secondary N) is 2. The number of amides is 1. The molecule has 1 aromatic rings. The van der Waals surface area contributed by atoms with Crippen LogP contribution in [0.5, 0.6) is 0 Å². The van der Waals surface area contributed by atoms with E-state index < -0.39 is 12.0 Å². The molecule has 0 saturated carbocycles. The van der Waals surface area contributed by atoms with Gasteiger partial charge in [-0.15, -0.1) is 0 Å². The van der Waals surface area contributed by atoms with E-state index in [1.165, 1.54) is 6.26 Å². The number of aliphatic carboxylic acids is 1. The standard InChI is InChI=1S/C13H20N2O5/c1-19-6-3-5-14-11(13(17)18)8-12(16)15-9-10-4-2-7-20-10/h2,4,7,11,14H,3,5-6,8-9H2,1H3,(H,15,16)(H,17,18)/t11-/m1/s1. The molecule has 0 bridgehead atoms. The molecule has 112 valence electrons. The maximum absolute atomic E-state index is 11.7. The lowest BCUT2D eigenvalue weighted by Crippen LogP contribution is -2.41. The minimum absolute atomic E-state index is 0.122. The molecule has 7 heteroatoms. The van der Waals surface area contributed by atoms with Crippen LogP contribution in [-0.2, 0) is 20.9 Å². The molecular formula is C13H20N2O5. The van der Waals surface area contributed by atoms with E-state index in [-0.39, 0.29) is 18.9 Å². The van der Waals surface area contributed by atoms with Crippen molar-refractivity contribution in [2.45, 2.75) is 25.4 Å². The number of furan rings is 1. The molecule has 0 spiro atoms. The van der Waals surface area contributed by atoms with Gasteiger partial charge in [0.25, 0.3) is 0 Å². The van der Waals surface area contributed by atoms with E-state index in [4.69, 9.17) is 14.3 Å². The largest absolute Gasteiger partial charge is 0.480 e. The fraction of sp³-hybridized carbons (Fsp3) is 0.538. The molecular weight excluding hydrogens is 264 g/mol. The van der Waals surface area contributed by atoms with Crippen molar-refractivity contribution in [1.82, 2.24) is 10.6 Å². The highest BCUT2D eigenvalue weighted by Crippen LogP contribution is 2.00. The van der Waals surface area contributed by atoms with Crippen LogP contribution < -0.4 is 10.6 Å². The van der Waals surface area contributed by atoms with Gasteiger partial charge in [0.15, 0.2) is 0 Å². The Bertz CT molecular complexity index is 405. The lowest BCUT2D eigenvalue weighted by atomic mass is 10.2. The summed E-state index contributed by atoms with van der Waals surface area (Å²) in [4.78, 5) is 22.7. The third-order valence-electron chi connectivity index (χ3n) is 2.64. The number of ether oxygens (including phenoxy) is 1. The summed E-state index contributed by atoms with van der Waals surface area (Å²) in [5, 5.41) is 14.5. The van der Waals surface area contributed by atoms with Gasteiger partial charge in [0.1, 0.15) is 11.8 Å². The van der Waals surface area contributed by atoms with Gasteiger partial charge in [-0.05, 0) is 25.1 Å². The number of carboxylic acids is 1. The predicted octanol–water partition coefficient (Wildman–Crippen LogP) is 0.365. The Morgan fingerprint density at radius 2 is 2.30 bits per heavy atom. The Kier molecular flexibility index (Phi) is 7.38. The molecule has 20 heavy (non-hydrogen) atoms. The fourth-order valence-electron chi connectivity index (χ4n) is 1.60. The molecule has 7 nitrogen and oxygen atoms in total. The van der Waals surface area contributed by atoms with E-state index >= 15 is 0 Å².